The van der Waals surface area contributed by atoms with E-state index in [1.54, 1.807) is 0 Å². The quantitative estimate of drug-likeness (QED) is 0.218. The van der Waals surface area contributed by atoms with Crippen molar-refractivity contribution in [2.45, 2.75) is 18.1 Å². The van der Waals surface area contributed by atoms with Gasteiger partial charge in [0.15, 0.2) is 6.29 Å². The van der Waals surface area contributed by atoms with Gasteiger partial charge in [-0.05, 0) is 22.3 Å². The lowest BCUT2D eigenvalue weighted by molar-refractivity contribution is -0.385. The van der Waals surface area contributed by atoms with Crippen LogP contribution in [0.5, 0.6) is 5.75 Å². The first-order valence-electron chi connectivity index (χ1n) is 10.7. The molecule has 10 heteroatoms. The second kappa shape index (κ2) is 9.92. The molecule has 4 rings (SSSR count). The third kappa shape index (κ3) is 4.70. The number of carbonyl (C=O) groups excluding carboxylic acids is 2. The smallest absolute Gasteiger partial charge is 0.407 e. The largest absolute Gasteiger partial charge is 0.507 e. The van der Waals surface area contributed by atoms with Crippen molar-refractivity contribution in [2.24, 2.45) is 0 Å². The maximum absolute atomic E-state index is 12.3. The number of nitro groups is 1. The molecule has 2 atom stereocenters. The molecule has 4 N–H and O–H groups in total. The Labute approximate surface area is 199 Å². The first-order valence-corrected chi connectivity index (χ1v) is 10.7. The number of ether oxygens (including phenoxy) is 1. The molecule has 0 saturated heterocycles. The van der Waals surface area contributed by atoms with E-state index in [2.05, 4.69) is 5.32 Å². The molecule has 0 saturated carbocycles. The normalized spacial score (nSPS) is 13.9. The van der Waals surface area contributed by atoms with Gasteiger partial charge in [-0.2, -0.15) is 0 Å². The van der Waals surface area contributed by atoms with Crippen LogP contribution >= 0.6 is 0 Å². The standard InChI is InChI=1S/C25H22N2O8/c28-12-14-9-15(27(33)34)10-20(23(14)30)24(31)22(29)11-26-25(32)35-13-21-18-7-3-1-5-16(18)17-6-2-4-8-19(17)21/h1-10,12,21-22,24,29-31H,11,13H2,(H,26,32). The number of hydrogen-bond donors (Lipinski definition) is 4. The first-order chi connectivity index (χ1) is 16.8. The summed E-state index contributed by atoms with van der Waals surface area (Å²) in [5.74, 6) is -0.856. The van der Waals surface area contributed by atoms with E-state index in [-0.39, 0.29) is 18.8 Å². The molecule has 35 heavy (non-hydrogen) atoms. The number of benzene rings is 3. The summed E-state index contributed by atoms with van der Waals surface area (Å²) in [6.07, 6.45) is -4.11. The minimum absolute atomic E-state index is 0.0485. The van der Waals surface area contributed by atoms with Crippen LogP contribution in [0.15, 0.2) is 60.7 Å². The fraction of sp³-hybridized carbons (Fsp3) is 0.200. The Bertz CT molecular complexity index is 1250. The molecule has 0 aromatic heterocycles. The molecule has 0 heterocycles. The molecule has 10 nitrogen and oxygen atoms in total. The summed E-state index contributed by atoms with van der Waals surface area (Å²) >= 11 is 0. The van der Waals surface area contributed by atoms with Gasteiger partial charge in [-0.1, -0.05) is 48.5 Å². The number of nitrogens with zero attached hydrogens (tertiary/aromatic N) is 1. The molecule has 2 unspecified atom stereocenters. The predicted molar refractivity (Wildman–Crippen MR) is 124 cm³/mol. The lowest BCUT2D eigenvalue weighted by atomic mass is 9.98. The summed E-state index contributed by atoms with van der Waals surface area (Å²) in [6, 6.07) is 17.4. The molecule has 3 aromatic rings. The summed E-state index contributed by atoms with van der Waals surface area (Å²) in [7, 11) is 0. The van der Waals surface area contributed by atoms with E-state index < -0.39 is 52.3 Å². The Morgan fingerprint density at radius 2 is 1.69 bits per heavy atom. The average molecular weight is 478 g/mol. The van der Waals surface area contributed by atoms with E-state index in [0.29, 0.717) is 0 Å². The van der Waals surface area contributed by atoms with Crippen LogP contribution < -0.4 is 5.32 Å². The fourth-order valence-electron chi connectivity index (χ4n) is 4.24. The summed E-state index contributed by atoms with van der Waals surface area (Å²) < 4.78 is 5.36. The van der Waals surface area contributed by atoms with Crippen LogP contribution in [0, 0.1) is 10.1 Å². The number of nitrogens with one attached hydrogen (secondary N) is 1. The molecular weight excluding hydrogens is 456 g/mol. The fourth-order valence-corrected chi connectivity index (χ4v) is 4.24. The molecule has 180 valence electrons. The predicted octanol–water partition coefficient (Wildman–Crippen LogP) is 3.05. The maximum atomic E-state index is 12.3. The van der Waals surface area contributed by atoms with Gasteiger partial charge in [0.2, 0.25) is 0 Å². The van der Waals surface area contributed by atoms with Gasteiger partial charge in [0.25, 0.3) is 5.69 Å². The minimum Gasteiger partial charge on any atom is -0.507 e. The van der Waals surface area contributed by atoms with Gasteiger partial charge < -0.3 is 25.4 Å². The lowest BCUT2D eigenvalue weighted by Gasteiger charge is -2.20. The molecule has 0 spiro atoms. The zero-order chi connectivity index (χ0) is 25.1. The molecule has 0 aliphatic heterocycles. The van der Waals surface area contributed by atoms with Crippen molar-refractivity contribution in [1.82, 2.24) is 5.32 Å². The summed E-state index contributed by atoms with van der Waals surface area (Å²) in [5.41, 5.74) is 2.83. The zero-order valence-electron chi connectivity index (χ0n) is 18.3. The summed E-state index contributed by atoms with van der Waals surface area (Å²) in [4.78, 5) is 33.6. The lowest BCUT2D eigenvalue weighted by Crippen LogP contribution is -2.36. The topological polar surface area (TPSA) is 159 Å². The number of aliphatic hydroxyl groups excluding tert-OH is 2. The number of rotatable bonds is 8. The van der Waals surface area contributed by atoms with Gasteiger partial charge >= 0.3 is 6.09 Å². The van der Waals surface area contributed by atoms with Gasteiger partial charge in [-0.3, -0.25) is 14.9 Å². The van der Waals surface area contributed by atoms with Crippen LogP contribution in [-0.2, 0) is 4.74 Å². The minimum atomic E-state index is -1.82. The van der Waals surface area contributed by atoms with Crippen molar-refractivity contribution >= 4 is 18.1 Å². The van der Waals surface area contributed by atoms with Crippen LogP contribution in [0.25, 0.3) is 11.1 Å². The first kappa shape index (κ1) is 23.9. The number of phenolic OH excluding ortho intramolecular Hbond substituents is 1. The van der Waals surface area contributed by atoms with Crippen LogP contribution in [0.4, 0.5) is 10.5 Å². The van der Waals surface area contributed by atoms with Crippen molar-refractivity contribution < 1.29 is 34.6 Å². The van der Waals surface area contributed by atoms with E-state index in [0.717, 1.165) is 34.4 Å². The monoisotopic (exact) mass is 478 g/mol. The van der Waals surface area contributed by atoms with E-state index in [4.69, 9.17) is 4.74 Å². The Hall–Kier alpha value is -4.28. The van der Waals surface area contributed by atoms with Gasteiger partial charge in [0.1, 0.15) is 24.6 Å². The number of alkyl carbamates (subject to hydrolysis) is 1. The molecule has 1 amide bonds. The third-order valence-corrected chi connectivity index (χ3v) is 5.97. The van der Waals surface area contributed by atoms with Gasteiger partial charge in [0, 0.05) is 30.2 Å². The highest BCUT2D eigenvalue weighted by molar-refractivity contribution is 5.82. The van der Waals surface area contributed by atoms with Gasteiger partial charge in [-0.15, -0.1) is 0 Å². The SMILES string of the molecule is O=Cc1cc([N+](=O)[O-])cc(C(O)C(O)CNC(=O)OCC2c3ccccc3-c3ccccc32)c1O. The van der Waals surface area contributed by atoms with Crippen LogP contribution in [0.3, 0.4) is 0 Å². The van der Waals surface area contributed by atoms with Crippen molar-refractivity contribution in [1.29, 1.82) is 0 Å². The van der Waals surface area contributed by atoms with E-state index in [1.807, 2.05) is 48.5 Å². The van der Waals surface area contributed by atoms with Crippen molar-refractivity contribution in [3.63, 3.8) is 0 Å². The average Bonchev–Trinajstić information content (AvgIpc) is 3.19. The number of amides is 1. The van der Waals surface area contributed by atoms with Crippen LogP contribution in [0.1, 0.15) is 39.1 Å². The maximum Gasteiger partial charge on any atom is 0.407 e. The second-order valence-corrected chi connectivity index (χ2v) is 8.07. The summed E-state index contributed by atoms with van der Waals surface area (Å²) in [6.45, 7) is -0.427. The number of carbonyl (C=O) groups is 2. The molecule has 0 bridgehead atoms. The van der Waals surface area contributed by atoms with Crippen LogP contribution in [-0.4, -0.2) is 51.9 Å². The second-order valence-electron chi connectivity index (χ2n) is 8.07. The Balaban J connectivity index is 1.39. The third-order valence-electron chi connectivity index (χ3n) is 5.97. The van der Waals surface area contributed by atoms with E-state index in [9.17, 15) is 35.0 Å². The molecule has 0 radical (unpaired) electrons. The number of aliphatic hydroxyl groups is 2. The zero-order valence-corrected chi connectivity index (χ0v) is 18.3. The van der Waals surface area contributed by atoms with Gasteiger partial charge in [-0.25, -0.2) is 4.79 Å². The Morgan fingerprint density at radius 1 is 1.09 bits per heavy atom. The molecule has 1 aliphatic carbocycles. The Morgan fingerprint density at radius 3 is 2.26 bits per heavy atom. The molecule has 1 aliphatic rings. The van der Waals surface area contributed by atoms with Crippen LogP contribution in [0.2, 0.25) is 0 Å². The van der Waals surface area contributed by atoms with Crippen molar-refractivity contribution in [3.8, 4) is 16.9 Å². The number of aromatic hydroxyl groups is 1. The summed E-state index contributed by atoms with van der Waals surface area (Å²) in [5, 5.41) is 44.2. The van der Waals surface area contributed by atoms with E-state index >= 15 is 0 Å². The number of aldehydes is 1. The highest BCUT2D eigenvalue weighted by Crippen LogP contribution is 2.44. The number of non-ortho nitro benzene ring substituents is 1. The van der Waals surface area contributed by atoms with E-state index in [1.165, 1.54) is 0 Å². The highest BCUT2D eigenvalue weighted by atomic mass is 16.6. The van der Waals surface area contributed by atoms with Crippen molar-refractivity contribution in [3.05, 3.63) is 93.0 Å². The number of hydrogen-bond acceptors (Lipinski definition) is 8. The molecular formula is C25H22N2O8. The molecule has 0 fully saturated rings. The van der Waals surface area contributed by atoms with Gasteiger partial charge in [0.05, 0.1) is 10.5 Å². The number of fused-ring (bicyclic) bond motifs is 3. The highest BCUT2D eigenvalue weighted by Gasteiger charge is 2.30. The number of phenols is 1. The molecule has 3 aromatic carbocycles. The van der Waals surface area contributed by atoms with Crippen molar-refractivity contribution in [2.75, 3.05) is 13.2 Å². The number of nitro benzene ring substituents is 1. The Kier molecular flexibility index (Phi) is 6.76.